The SMILES string of the molecule is NS(=O)(=O)Cc1cc(Cl)cc(C(F)(F)F)c1. The number of nitrogens with two attached hydrogens (primary N) is 1. The van der Waals surface area contributed by atoms with Gasteiger partial charge in [0.25, 0.3) is 0 Å². The molecule has 1 aromatic carbocycles. The van der Waals surface area contributed by atoms with Crippen molar-refractivity contribution in [3.05, 3.63) is 34.3 Å². The lowest BCUT2D eigenvalue weighted by molar-refractivity contribution is -0.137. The summed E-state index contributed by atoms with van der Waals surface area (Å²) in [5, 5.41) is 4.54. The van der Waals surface area contributed by atoms with Crippen LogP contribution in [0.4, 0.5) is 13.2 Å². The van der Waals surface area contributed by atoms with E-state index in [1.807, 2.05) is 0 Å². The third-order valence-electron chi connectivity index (χ3n) is 1.65. The van der Waals surface area contributed by atoms with Gasteiger partial charge in [0.15, 0.2) is 0 Å². The molecule has 0 aliphatic heterocycles. The third-order valence-corrected chi connectivity index (χ3v) is 2.61. The van der Waals surface area contributed by atoms with Gasteiger partial charge in [-0.3, -0.25) is 0 Å². The van der Waals surface area contributed by atoms with Crippen molar-refractivity contribution in [2.75, 3.05) is 0 Å². The first-order valence-electron chi connectivity index (χ1n) is 3.95. The fourth-order valence-electron chi connectivity index (χ4n) is 1.13. The molecule has 0 atom stereocenters. The molecule has 0 amide bonds. The van der Waals surface area contributed by atoms with Crippen molar-refractivity contribution in [3.63, 3.8) is 0 Å². The summed E-state index contributed by atoms with van der Waals surface area (Å²) in [6, 6.07) is 2.55. The van der Waals surface area contributed by atoms with Crippen LogP contribution >= 0.6 is 11.6 Å². The number of sulfonamides is 1. The maximum absolute atomic E-state index is 12.3. The van der Waals surface area contributed by atoms with E-state index in [-0.39, 0.29) is 10.6 Å². The van der Waals surface area contributed by atoms with Gasteiger partial charge >= 0.3 is 6.18 Å². The molecule has 3 nitrogen and oxygen atoms in total. The molecule has 0 saturated carbocycles. The Morgan fingerprint density at radius 2 is 1.81 bits per heavy atom. The van der Waals surface area contributed by atoms with Crippen LogP contribution in [-0.2, 0) is 22.0 Å². The number of primary sulfonamides is 1. The zero-order chi connectivity index (χ0) is 12.6. The zero-order valence-corrected chi connectivity index (χ0v) is 9.33. The Morgan fingerprint density at radius 1 is 1.25 bits per heavy atom. The third kappa shape index (κ3) is 3.99. The molecule has 1 rings (SSSR count). The van der Waals surface area contributed by atoms with Crippen molar-refractivity contribution in [2.45, 2.75) is 11.9 Å². The molecule has 0 heterocycles. The van der Waals surface area contributed by atoms with Crippen LogP contribution in [0.15, 0.2) is 18.2 Å². The summed E-state index contributed by atoms with van der Waals surface area (Å²) in [5.41, 5.74) is -1.10. The predicted octanol–water partition coefficient (Wildman–Crippen LogP) is 2.15. The highest BCUT2D eigenvalue weighted by Crippen LogP contribution is 2.32. The first-order chi connectivity index (χ1) is 7.08. The molecule has 0 aliphatic carbocycles. The van der Waals surface area contributed by atoms with Gasteiger partial charge in [0.1, 0.15) is 0 Å². The normalized spacial score (nSPS) is 12.8. The average Bonchev–Trinajstić information content (AvgIpc) is 1.97. The molecule has 16 heavy (non-hydrogen) atoms. The highest BCUT2D eigenvalue weighted by molar-refractivity contribution is 7.88. The van der Waals surface area contributed by atoms with Crippen LogP contribution in [0.5, 0.6) is 0 Å². The lowest BCUT2D eigenvalue weighted by Gasteiger charge is -2.09. The molecule has 90 valence electrons. The largest absolute Gasteiger partial charge is 0.416 e. The zero-order valence-electron chi connectivity index (χ0n) is 7.75. The van der Waals surface area contributed by atoms with Crippen molar-refractivity contribution < 1.29 is 21.6 Å². The smallest absolute Gasteiger partial charge is 0.228 e. The first kappa shape index (κ1) is 13.3. The van der Waals surface area contributed by atoms with Gasteiger partial charge in [-0.05, 0) is 23.8 Å². The van der Waals surface area contributed by atoms with E-state index < -0.39 is 27.5 Å². The number of halogens is 4. The van der Waals surface area contributed by atoms with Crippen molar-refractivity contribution in [1.82, 2.24) is 0 Å². The fourth-order valence-corrected chi connectivity index (χ4v) is 2.02. The van der Waals surface area contributed by atoms with Crippen LogP contribution in [0.3, 0.4) is 0 Å². The van der Waals surface area contributed by atoms with E-state index in [0.29, 0.717) is 12.1 Å². The molecule has 0 aliphatic rings. The summed E-state index contributed by atoms with van der Waals surface area (Å²) >= 11 is 5.45. The van der Waals surface area contributed by atoms with Gasteiger partial charge in [-0.25, -0.2) is 13.6 Å². The number of hydrogen-bond donors (Lipinski definition) is 1. The summed E-state index contributed by atoms with van der Waals surface area (Å²) < 4.78 is 58.5. The maximum Gasteiger partial charge on any atom is 0.416 e. The molecule has 8 heteroatoms. The van der Waals surface area contributed by atoms with Gasteiger partial charge in [-0.1, -0.05) is 11.6 Å². The summed E-state index contributed by atoms with van der Waals surface area (Å²) in [7, 11) is -3.88. The van der Waals surface area contributed by atoms with Crippen molar-refractivity contribution in [2.24, 2.45) is 5.14 Å². The number of rotatable bonds is 2. The first-order valence-corrected chi connectivity index (χ1v) is 6.04. The van der Waals surface area contributed by atoms with Crippen LogP contribution in [0, 0.1) is 0 Å². The van der Waals surface area contributed by atoms with Crippen molar-refractivity contribution in [1.29, 1.82) is 0 Å². The van der Waals surface area contributed by atoms with Gasteiger partial charge in [0.2, 0.25) is 10.0 Å². The Hall–Kier alpha value is -0.790. The van der Waals surface area contributed by atoms with Crippen LogP contribution in [-0.4, -0.2) is 8.42 Å². The fraction of sp³-hybridized carbons (Fsp3) is 0.250. The maximum atomic E-state index is 12.3. The van der Waals surface area contributed by atoms with Crippen LogP contribution in [0.1, 0.15) is 11.1 Å². The van der Waals surface area contributed by atoms with E-state index in [9.17, 15) is 21.6 Å². The monoisotopic (exact) mass is 273 g/mol. The molecule has 0 spiro atoms. The van der Waals surface area contributed by atoms with Gasteiger partial charge in [0, 0.05) is 5.02 Å². The Bertz CT molecular complexity index is 498. The highest BCUT2D eigenvalue weighted by atomic mass is 35.5. The number of alkyl halides is 3. The molecule has 0 aromatic heterocycles. The molecule has 0 saturated heterocycles. The average molecular weight is 274 g/mol. The molecule has 0 bridgehead atoms. The molecule has 0 fully saturated rings. The van der Waals surface area contributed by atoms with Gasteiger partial charge < -0.3 is 0 Å². The minimum Gasteiger partial charge on any atom is -0.228 e. The summed E-state index contributed by atoms with van der Waals surface area (Å²) in [6.45, 7) is 0. The van der Waals surface area contributed by atoms with E-state index in [1.165, 1.54) is 0 Å². The Balaban J connectivity index is 3.19. The Kier molecular flexibility index (Phi) is 3.51. The van der Waals surface area contributed by atoms with Gasteiger partial charge in [-0.2, -0.15) is 13.2 Å². The molecule has 1 aromatic rings. The predicted molar refractivity (Wildman–Crippen MR) is 53.3 cm³/mol. The summed E-state index contributed by atoms with van der Waals surface area (Å²) in [6.07, 6.45) is -4.57. The lowest BCUT2D eigenvalue weighted by Crippen LogP contribution is -2.15. The van der Waals surface area contributed by atoms with Crippen LogP contribution in [0.25, 0.3) is 0 Å². The molecule has 2 N–H and O–H groups in total. The van der Waals surface area contributed by atoms with E-state index in [0.717, 1.165) is 6.07 Å². The van der Waals surface area contributed by atoms with E-state index in [4.69, 9.17) is 16.7 Å². The van der Waals surface area contributed by atoms with Crippen LogP contribution < -0.4 is 5.14 Å². The second kappa shape index (κ2) is 4.23. The van der Waals surface area contributed by atoms with Crippen molar-refractivity contribution in [3.8, 4) is 0 Å². The minimum atomic E-state index is -4.57. The Labute approximate surface area is 95.1 Å². The quantitative estimate of drug-likeness (QED) is 0.897. The standard InChI is InChI=1S/C8H7ClF3NO2S/c9-7-2-5(4-16(13,14)15)1-6(3-7)8(10,11)12/h1-3H,4H2,(H2,13,14,15). The van der Waals surface area contributed by atoms with E-state index in [2.05, 4.69) is 0 Å². The summed E-state index contributed by atoms with van der Waals surface area (Å²) in [5.74, 6) is -0.684. The minimum absolute atomic E-state index is 0.0951. The Morgan fingerprint density at radius 3 is 2.25 bits per heavy atom. The second-order valence-corrected chi connectivity index (χ2v) is 5.20. The topological polar surface area (TPSA) is 60.2 Å². The number of hydrogen-bond acceptors (Lipinski definition) is 2. The van der Waals surface area contributed by atoms with E-state index in [1.54, 1.807) is 0 Å². The van der Waals surface area contributed by atoms with Crippen molar-refractivity contribution >= 4 is 21.6 Å². The van der Waals surface area contributed by atoms with Crippen LogP contribution in [0.2, 0.25) is 5.02 Å². The molecule has 0 radical (unpaired) electrons. The second-order valence-electron chi connectivity index (χ2n) is 3.15. The highest BCUT2D eigenvalue weighted by Gasteiger charge is 2.31. The molecular weight excluding hydrogens is 267 g/mol. The van der Waals surface area contributed by atoms with Gasteiger partial charge in [0.05, 0.1) is 11.3 Å². The number of benzene rings is 1. The molecule has 0 unspecified atom stereocenters. The van der Waals surface area contributed by atoms with E-state index >= 15 is 0 Å². The molecular formula is C8H7ClF3NO2S. The lowest BCUT2D eigenvalue weighted by atomic mass is 10.1. The van der Waals surface area contributed by atoms with Gasteiger partial charge in [-0.15, -0.1) is 0 Å². The summed E-state index contributed by atoms with van der Waals surface area (Å²) in [4.78, 5) is 0.